The van der Waals surface area contributed by atoms with Crippen LogP contribution in [0.15, 0.2) is 35.2 Å². The summed E-state index contributed by atoms with van der Waals surface area (Å²) in [5.74, 6) is -0.463. The molecule has 0 fully saturated rings. The minimum absolute atomic E-state index is 0.105. The first-order valence-corrected chi connectivity index (χ1v) is 7.83. The molecular weight excluding hydrogens is 306 g/mol. The maximum Gasteiger partial charge on any atom is 0.264 e. The van der Waals surface area contributed by atoms with Gasteiger partial charge in [0.15, 0.2) is 0 Å². The number of sulfonamides is 1. The van der Waals surface area contributed by atoms with Crippen molar-refractivity contribution in [2.75, 3.05) is 5.33 Å². The Bertz CT molecular complexity index is 459. The van der Waals surface area contributed by atoms with Crippen LogP contribution in [0.5, 0.6) is 0 Å². The summed E-state index contributed by atoms with van der Waals surface area (Å²) >= 11 is 3.25. The lowest BCUT2D eigenvalue weighted by Gasteiger charge is -2.06. The van der Waals surface area contributed by atoms with Crippen LogP contribution in [-0.4, -0.2) is 19.7 Å². The highest BCUT2D eigenvalue weighted by atomic mass is 79.9. The van der Waals surface area contributed by atoms with Crippen molar-refractivity contribution in [1.82, 2.24) is 4.72 Å². The molecule has 1 N–H and O–H groups in total. The average molecular weight is 320 g/mol. The Morgan fingerprint density at radius 3 is 2.41 bits per heavy atom. The monoisotopic (exact) mass is 319 g/mol. The van der Waals surface area contributed by atoms with Crippen molar-refractivity contribution in [2.24, 2.45) is 0 Å². The summed E-state index contributed by atoms with van der Waals surface area (Å²) in [5.41, 5.74) is 0. The smallest absolute Gasteiger partial charge is 0.264 e. The molecule has 0 heterocycles. The summed E-state index contributed by atoms with van der Waals surface area (Å²) < 4.78 is 25.5. The highest BCUT2D eigenvalue weighted by Crippen LogP contribution is 2.07. The lowest BCUT2D eigenvalue weighted by molar-refractivity contribution is -0.119. The van der Waals surface area contributed by atoms with E-state index >= 15 is 0 Å². The van der Waals surface area contributed by atoms with E-state index in [1.807, 2.05) is 4.72 Å². The number of halogens is 1. The van der Waals surface area contributed by atoms with Gasteiger partial charge < -0.3 is 0 Å². The normalized spacial score (nSPS) is 11.1. The molecule has 0 saturated carbocycles. The van der Waals surface area contributed by atoms with E-state index in [9.17, 15) is 13.2 Å². The Morgan fingerprint density at radius 2 is 1.82 bits per heavy atom. The maximum atomic E-state index is 11.7. The predicted octanol–water partition coefficient (Wildman–Crippen LogP) is 2.06. The van der Waals surface area contributed by atoms with Crippen LogP contribution in [-0.2, 0) is 14.8 Å². The van der Waals surface area contributed by atoms with Crippen molar-refractivity contribution >= 4 is 31.9 Å². The van der Waals surface area contributed by atoms with Gasteiger partial charge in [-0.15, -0.1) is 0 Å². The topological polar surface area (TPSA) is 63.2 Å². The maximum absolute atomic E-state index is 11.7. The third-order valence-electron chi connectivity index (χ3n) is 2.09. The zero-order valence-electron chi connectivity index (χ0n) is 9.23. The predicted molar refractivity (Wildman–Crippen MR) is 69.4 cm³/mol. The van der Waals surface area contributed by atoms with Gasteiger partial charge in [0.25, 0.3) is 10.0 Å². The van der Waals surface area contributed by atoms with Crippen LogP contribution in [0.3, 0.4) is 0 Å². The first-order chi connectivity index (χ1) is 8.06. The van der Waals surface area contributed by atoms with Crippen molar-refractivity contribution in [2.45, 2.75) is 24.2 Å². The standard InChI is InChI=1S/C11H14BrNO3S/c12-9-5-4-8-11(14)13-17(15,16)10-6-2-1-3-7-10/h1-3,6-7H,4-5,8-9H2,(H,13,14). The number of amides is 1. The van der Waals surface area contributed by atoms with Gasteiger partial charge in [0.2, 0.25) is 5.91 Å². The summed E-state index contributed by atoms with van der Waals surface area (Å²) in [6.07, 6.45) is 1.73. The SMILES string of the molecule is O=C(CCCCBr)NS(=O)(=O)c1ccccc1. The van der Waals surface area contributed by atoms with Gasteiger partial charge in [-0.05, 0) is 25.0 Å². The molecule has 0 aliphatic heterocycles. The first kappa shape index (κ1) is 14.2. The largest absolute Gasteiger partial charge is 0.274 e. The summed E-state index contributed by atoms with van der Waals surface area (Å²) in [5, 5.41) is 0.811. The van der Waals surface area contributed by atoms with Crippen molar-refractivity contribution in [3.63, 3.8) is 0 Å². The molecule has 4 nitrogen and oxygen atoms in total. The van der Waals surface area contributed by atoms with Gasteiger partial charge >= 0.3 is 0 Å². The number of nitrogens with one attached hydrogen (secondary N) is 1. The molecule has 17 heavy (non-hydrogen) atoms. The van der Waals surface area contributed by atoms with Gasteiger partial charge in [0.05, 0.1) is 4.90 Å². The second kappa shape index (κ2) is 6.76. The summed E-state index contributed by atoms with van der Waals surface area (Å²) in [6.45, 7) is 0. The molecule has 1 aromatic carbocycles. The molecule has 0 bridgehead atoms. The highest BCUT2D eigenvalue weighted by Gasteiger charge is 2.16. The number of rotatable bonds is 6. The van der Waals surface area contributed by atoms with Gasteiger partial charge in [-0.1, -0.05) is 34.1 Å². The summed E-state index contributed by atoms with van der Waals surface area (Å²) in [7, 11) is -3.71. The van der Waals surface area contributed by atoms with Gasteiger partial charge in [-0.2, -0.15) is 0 Å². The van der Waals surface area contributed by atoms with E-state index in [0.717, 1.165) is 11.8 Å². The number of unbranched alkanes of at least 4 members (excludes halogenated alkanes) is 1. The fourth-order valence-corrected chi connectivity index (χ4v) is 2.67. The molecule has 1 rings (SSSR count). The highest BCUT2D eigenvalue weighted by molar-refractivity contribution is 9.09. The van der Waals surface area contributed by atoms with Gasteiger partial charge in [0.1, 0.15) is 0 Å². The molecule has 0 radical (unpaired) electrons. The Kier molecular flexibility index (Phi) is 5.64. The lowest BCUT2D eigenvalue weighted by Crippen LogP contribution is -2.30. The van der Waals surface area contributed by atoms with Gasteiger partial charge in [0, 0.05) is 11.8 Å². The number of hydrogen-bond acceptors (Lipinski definition) is 3. The molecule has 94 valence electrons. The average Bonchev–Trinajstić information content (AvgIpc) is 2.30. The van der Waals surface area contributed by atoms with Gasteiger partial charge in [-0.25, -0.2) is 13.1 Å². The summed E-state index contributed by atoms with van der Waals surface area (Å²) in [6, 6.07) is 7.85. The zero-order valence-corrected chi connectivity index (χ0v) is 11.6. The number of carbonyl (C=O) groups is 1. The minimum atomic E-state index is -3.71. The van der Waals surface area contributed by atoms with Crippen molar-refractivity contribution in [3.8, 4) is 0 Å². The van der Waals surface area contributed by atoms with E-state index in [1.165, 1.54) is 12.1 Å². The van der Waals surface area contributed by atoms with E-state index in [-0.39, 0.29) is 11.3 Å². The second-order valence-corrected chi connectivity index (χ2v) is 5.96. The Morgan fingerprint density at radius 1 is 1.18 bits per heavy atom. The quantitative estimate of drug-likeness (QED) is 0.644. The Hall–Kier alpha value is -0.880. The number of alkyl halides is 1. The van der Waals surface area contributed by atoms with Crippen LogP contribution in [0.2, 0.25) is 0 Å². The molecule has 1 amide bonds. The number of carbonyl (C=O) groups excluding carboxylic acids is 1. The van der Waals surface area contributed by atoms with Crippen molar-refractivity contribution in [1.29, 1.82) is 0 Å². The van der Waals surface area contributed by atoms with Crippen LogP contribution in [0.4, 0.5) is 0 Å². The molecular formula is C11H14BrNO3S. The Balaban J connectivity index is 2.59. The van der Waals surface area contributed by atoms with Crippen molar-refractivity contribution < 1.29 is 13.2 Å². The van der Waals surface area contributed by atoms with E-state index in [4.69, 9.17) is 0 Å². The van der Waals surface area contributed by atoms with Crippen LogP contribution in [0.25, 0.3) is 0 Å². The molecule has 0 atom stereocenters. The molecule has 0 aliphatic carbocycles. The van der Waals surface area contributed by atoms with E-state index in [1.54, 1.807) is 18.2 Å². The summed E-state index contributed by atoms with van der Waals surface area (Å²) in [4.78, 5) is 11.5. The van der Waals surface area contributed by atoms with E-state index in [2.05, 4.69) is 15.9 Å². The third kappa shape index (κ3) is 4.87. The Labute approximate surface area is 110 Å². The minimum Gasteiger partial charge on any atom is -0.274 e. The fourth-order valence-electron chi connectivity index (χ4n) is 1.24. The van der Waals surface area contributed by atoms with Crippen LogP contribution >= 0.6 is 15.9 Å². The van der Waals surface area contributed by atoms with Crippen LogP contribution in [0, 0.1) is 0 Å². The zero-order chi connectivity index (χ0) is 12.7. The van der Waals surface area contributed by atoms with Crippen molar-refractivity contribution in [3.05, 3.63) is 30.3 Å². The molecule has 6 heteroatoms. The molecule has 0 aliphatic rings. The van der Waals surface area contributed by atoms with E-state index in [0.29, 0.717) is 6.42 Å². The molecule has 1 aromatic rings. The van der Waals surface area contributed by atoms with Gasteiger partial charge in [-0.3, -0.25) is 4.79 Å². The number of benzene rings is 1. The van der Waals surface area contributed by atoms with E-state index < -0.39 is 15.9 Å². The molecule has 0 aromatic heterocycles. The third-order valence-corrected chi connectivity index (χ3v) is 4.04. The van der Waals surface area contributed by atoms with Crippen LogP contribution in [0.1, 0.15) is 19.3 Å². The second-order valence-electron chi connectivity index (χ2n) is 3.49. The molecule has 0 saturated heterocycles. The van der Waals surface area contributed by atoms with Crippen LogP contribution < -0.4 is 4.72 Å². The lowest BCUT2D eigenvalue weighted by atomic mass is 10.2. The molecule has 0 unspecified atom stereocenters. The fraction of sp³-hybridized carbons (Fsp3) is 0.364. The molecule has 0 spiro atoms. The number of hydrogen-bond donors (Lipinski definition) is 1. The first-order valence-electron chi connectivity index (χ1n) is 5.23.